The fourth-order valence-corrected chi connectivity index (χ4v) is 3.56. The largest absolute Gasteiger partial charge is 0.385 e. The summed E-state index contributed by atoms with van der Waals surface area (Å²) in [5.41, 5.74) is 1.44. The molecule has 2 aromatic rings. The van der Waals surface area contributed by atoms with E-state index >= 15 is 0 Å². The Morgan fingerprint density at radius 2 is 2.07 bits per heavy atom. The zero-order valence-corrected chi connectivity index (χ0v) is 16.6. The van der Waals surface area contributed by atoms with E-state index in [-0.39, 0.29) is 11.5 Å². The number of methoxy groups -OCH3 is 1. The van der Waals surface area contributed by atoms with E-state index in [0.29, 0.717) is 40.8 Å². The van der Waals surface area contributed by atoms with E-state index in [0.717, 1.165) is 6.42 Å². The van der Waals surface area contributed by atoms with Gasteiger partial charge in [-0.25, -0.2) is 4.98 Å². The highest BCUT2D eigenvalue weighted by molar-refractivity contribution is 7.13. The average molecular weight is 409 g/mol. The van der Waals surface area contributed by atoms with Crippen LogP contribution in [0.3, 0.4) is 0 Å². The first-order valence-electron chi connectivity index (χ1n) is 9.05. The normalized spacial score (nSPS) is 11.1. The topological polar surface area (TPSA) is 91.0 Å². The number of pyridine rings is 1. The third kappa shape index (κ3) is 3.96. The van der Waals surface area contributed by atoms with Gasteiger partial charge in [0.05, 0.1) is 16.8 Å². The van der Waals surface area contributed by atoms with Crippen molar-refractivity contribution in [2.45, 2.75) is 13.0 Å². The SMILES string of the molecule is COCCCn1cc(C(=O)Nc2nccs2)c2nn(-c3ccccc3)c(=O)c-2c1. The highest BCUT2D eigenvalue weighted by Crippen LogP contribution is 2.24. The maximum atomic E-state index is 13.0. The standard InChI is InChI=1S/C20H19N5O3S/c1-28-10-5-9-24-12-15(18(26)22-20-21-8-11-29-20)17-16(13-24)19(27)25(23-17)14-6-3-2-4-7-14/h2-4,6-8,11-13H,5,9-10H2,1H3,(H,21,22,26). The van der Waals surface area contributed by atoms with Gasteiger partial charge in [-0.15, -0.1) is 11.3 Å². The molecule has 0 unspecified atom stereocenters. The Balaban J connectivity index is 1.80. The predicted octanol–water partition coefficient (Wildman–Crippen LogP) is 2.88. The van der Waals surface area contributed by atoms with Gasteiger partial charge < -0.3 is 9.30 Å². The molecule has 0 spiro atoms. The van der Waals surface area contributed by atoms with Gasteiger partial charge in [0.25, 0.3) is 11.5 Å². The van der Waals surface area contributed by atoms with Gasteiger partial charge in [-0.3, -0.25) is 14.9 Å². The van der Waals surface area contributed by atoms with Gasteiger partial charge in [-0.1, -0.05) is 18.2 Å². The quantitative estimate of drug-likeness (QED) is 0.474. The van der Waals surface area contributed by atoms with E-state index in [1.54, 1.807) is 43.2 Å². The van der Waals surface area contributed by atoms with Crippen molar-refractivity contribution in [2.24, 2.45) is 0 Å². The van der Waals surface area contributed by atoms with E-state index in [2.05, 4.69) is 15.4 Å². The molecule has 2 aliphatic rings. The highest BCUT2D eigenvalue weighted by atomic mass is 32.1. The van der Waals surface area contributed by atoms with E-state index in [4.69, 9.17) is 4.74 Å². The Morgan fingerprint density at radius 3 is 2.79 bits per heavy atom. The van der Waals surface area contributed by atoms with Crippen molar-refractivity contribution in [1.29, 1.82) is 0 Å². The number of benzene rings is 1. The lowest BCUT2D eigenvalue weighted by Gasteiger charge is -2.12. The van der Waals surface area contributed by atoms with Gasteiger partial charge in [0.1, 0.15) is 5.69 Å². The molecule has 0 saturated heterocycles. The van der Waals surface area contributed by atoms with Crippen LogP contribution in [0.25, 0.3) is 16.9 Å². The van der Waals surface area contributed by atoms with Crippen LogP contribution in [0, 0.1) is 0 Å². The van der Waals surface area contributed by atoms with Crippen molar-refractivity contribution in [2.75, 3.05) is 19.0 Å². The second-order valence-corrected chi connectivity index (χ2v) is 7.26. The maximum Gasteiger partial charge on any atom is 0.282 e. The minimum Gasteiger partial charge on any atom is -0.385 e. The van der Waals surface area contributed by atoms with Crippen molar-refractivity contribution in [1.82, 2.24) is 19.3 Å². The number of hydrogen-bond donors (Lipinski definition) is 1. The molecule has 3 heterocycles. The molecule has 9 heteroatoms. The van der Waals surface area contributed by atoms with Crippen molar-refractivity contribution in [3.05, 3.63) is 70.2 Å². The number of rotatable bonds is 7. The second kappa shape index (κ2) is 8.38. The van der Waals surface area contributed by atoms with Crippen LogP contribution in [0.1, 0.15) is 16.8 Å². The average Bonchev–Trinajstić information content (AvgIpc) is 3.36. The molecule has 0 fully saturated rings. The van der Waals surface area contributed by atoms with Gasteiger partial charge in [0, 0.05) is 44.2 Å². The van der Waals surface area contributed by atoms with Crippen molar-refractivity contribution >= 4 is 22.4 Å². The Labute approximate surface area is 170 Å². The summed E-state index contributed by atoms with van der Waals surface area (Å²) in [4.78, 5) is 30.0. The summed E-state index contributed by atoms with van der Waals surface area (Å²) in [6, 6.07) is 9.14. The lowest BCUT2D eigenvalue weighted by Crippen LogP contribution is -2.18. The summed E-state index contributed by atoms with van der Waals surface area (Å²) in [5.74, 6) is -0.358. The van der Waals surface area contributed by atoms with Gasteiger partial charge >= 0.3 is 0 Å². The molecule has 0 radical (unpaired) electrons. The molecule has 29 heavy (non-hydrogen) atoms. The van der Waals surface area contributed by atoms with E-state index in [1.807, 2.05) is 22.8 Å². The summed E-state index contributed by atoms with van der Waals surface area (Å²) in [5, 5.41) is 9.50. The van der Waals surface area contributed by atoms with Crippen LogP contribution in [-0.2, 0) is 11.3 Å². The lowest BCUT2D eigenvalue weighted by molar-refractivity contribution is 0.102. The first-order chi connectivity index (χ1) is 14.2. The van der Waals surface area contributed by atoms with E-state index < -0.39 is 0 Å². The molecule has 148 valence electrons. The Morgan fingerprint density at radius 1 is 1.24 bits per heavy atom. The fourth-order valence-electron chi connectivity index (χ4n) is 3.04. The van der Waals surface area contributed by atoms with Crippen LogP contribution in [0.15, 0.2) is 59.1 Å². The minimum atomic E-state index is -0.358. The number of fused-ring (bicyclic) bond motifs is 1. The molecule has 0 aliphatic carbocycles. The predicted molar refractivity (Wildman–Crippen MR) is 111 cm³/mol. The van der Waals surface area contributed by atoms with Crippen LogP contribution in [0.4, 0.5) is 5.13 Å². The number of amides is 1. The third-order valence-corrected chi connectivity index (χ3v) is 5.07. The molecule has 2 aliphatic heterocycles. The molecule has 1 N–H and O–H groups in total. The number of nitrogens with zero attached hydrogens (tertiary/aromatic N) is 4. The Kier molecular flexibility index (Phi) is 5.50. The summed E-state index contributed by atoms with van der Waals surface area (Å²) in [7, 11) is 1.64. The first-order valence-corrected chi connectivity index (χ1v) is 9.93. The number of aromatic nitrogens is 4. The number of ether oxygens (including phenoxy) is 1. The number of hydrogen-bond acceptors (Lipinski definition) is 6. The molecule has 4 rings (SSSR count). The van der Waals surface area contributed by atoms with Crippen LogP contribution in [0.5, 0.6) is 0 Å². The number of carbonyl (C=O) groups is 1. The molecule has 1 aromatic heterocycles. The van der Waals surface area contributed by atoms with Gasteiger partial charge in [-0.2, -0.15) is 9.78 Å². The molecule has 0 saturated carbocycles. The van der Waals surface area contributed by atoms with Crippen LogP contribution in [0.2, 0.25) is 0 Å². The summed E-state index contributed by atoms with van der Waals surface area (Å²) < 4.78 is 8.26. The number of para-hydroxylation sites is 1. The van der Waals surface area contributed by atoms with Crippen molar-refractivity contribution in [3.63, 3.8) is 0 Å². The third-order valence-electron chi connectivity index (χ3n) is 4.39. The zero-order chi connectivity index (χ0) is 20.2. The molecule has 1 aromatic carbocycles. The smallest absolute Gasteiger partial charge is 0.282 e. The van der Waals surface area contributed by atoms with E-state index in [1.165, 1.54) is 16.0 Å². The van der Waals surface area contributed by atoms with Crippen LogP contribution in [-0.4, -0.2) is 39.0 Å². The molecule has 8 nitrogen and oxygen atoms in total. The molecule has 1 amide bonds. The first kappa shape index (κ1) is 19.0. The summed E-state index contributed by atoms with van der Waals surface area (Å²) >= 11 is 1.32. The van der Waals surface area contributed by atoms with Crippen LogP contribution < -0.4 is 10.9 Å². The fraction of sp³-hybridized carbons (Fsp3) is 0.200. The van der Waals surface area contributed by atoms with Crippen molar-refractivity contribution < 1.29 is 9.53 Å². The summed E-state index contributed by atoms with van der Waals surface area (Å²) in [6.45, 7) is 1.19. The molecular weight excluding hydrogens is 390 g/mol. The van der Waals surface area contributed by atoms with Crippen molar-refractivity contribution in [3.8, 4) is 16.9 Å². The van der Waals surface area contributed by atoms with Gasteiger partial charge in [-0.05, 0) is 18.6 Å². The lowest BCUT2D eigenvalue weighted by atomic mass is 10.1. The number of carbonyl (C=O) groups excluding carboxylic acids is 1. The monoisotopic (exact) mass is 409 g/mol. The number of nitrogens with one attached hydrogen (secondary N) is 1. The molecule has 0 bridgehead atoms. The zero-order valence-electron chi connectivity index (χ0n) is 15.7. The number of anilines is 1. The van der Waals surface area contributed by atoms with Gasteiger partial charge in [0.2, 0.25) is 0 Å². The maximum absolute atomic E-state index is 13.0. The number of aryl methyl sites for hydroxylation is 1. The summed E-state index contributed by atoms with van der Waals surface area (Å²) in [6.07, 6.45) is 5.82. The van der Waals surface area contributed by atoms with Crippen LogP contribution >= 0.6 is 11.3 Å². The Hall–Kier alpha value is -3.30. The highest BCUT2D eigenvalue weighted by Gasteiger charge is 2.24. The Bertz CT molecular complexity index is 1130. The number of thiazole rings is 1. The molecular formula is C20H19N5O3S. The minimum absolute atomic E-state index is 0.268. The van der Waals surface area contributed by atoms with E-state index in [9.17, 15) is 9.59 Å². The second-order valence-electron chi connectivity index (χ2n) is 6.36. The van der Waals surface area contributed by atoms with Gasteiger partial charge in [0.15, 0.2) is 5.13 Å². The molecule has 0 atom stereocenters.